The van der Waals surface area contributed by atoms with E-state index in [4.69, 9.17) is 22.1 Å². The molecule has 0 aromatic heterocycles. The van der Waals surface area contributed by atoms with Crippen LogP contribution in [0.4, 0.5) is 5.69 Å². The van der Waals surface area contributed by atoms with Crippen LogP contribution in [-0.2, 0) is 11.2 Å². The summed E-state index contributed by atoms with van der Waals surface area (Å²) in [6.45, 7) is 4.13. The van der Waals surface area contributed by atoms with Gasteiger partial charge in [0.2, 0.25) is 0 Å². The molecule has 0 saturated carbocycles. The fourth-order valence-electron chi connectivity index (χ4n) is 2.78. The van der Waals surface area contributed by atoms with Crippen molar-refractivity contribution >= 4 is 17.3 Å². The van der Waals surface area contributed by atoms with Crippen LogP contribution in [-0.4, -0.2) is 32.3 Å². The van der Waals surface area contributed by atoms with Gasteiger partial charge in [0.1, 0.15) is 0 Å². The fraction of sp³-hybridized carbons (Fsp3) is 0.625. The van der Waals surface area contributed by atoms with Gasteiger partial charge in [0.05, 0.1) is 6.10 Å². The Morgan fingerprint density at radius 1 is 1.50 bits per heavy atom. The molecule has 0 bridgehead atoms. The lowest BCUT2D eigenvalue weighted by Crippen LogP contribution is -2.40. The van der Waals surface area contributed by atoms with Crippen LogP contribution in [0.1, 0.15) is 31.7 Å². The van der Waals surface area contributed by atoms with Crippen LogP contribution in [0.15, 0.2) is 18.2 Å². The summed E-state index contributed by atoms with van der Waals surface area (Å²) >= 11 is 6.19. The number of methoxy groups -OCH3 is 1. The predicted molar refractivity (Wildman–Crippen MR) is 85.7 cm³/mol. The molecule has 1 fully saturated rings. The van der Waals surface area contributed by atoms with Gasteiger partial charge in [-0.2, -0.15) is 0 Å². The smallest absolute Gasteiger partial charge is 0.0746 e. The molecule has 0 amide bonds. The summed E-state index contributed by atoms with van der Waals surface area (Å²) < 4.78 is 5.52. The zero-order chi connectivity index (χ0) is 14.5. The Balaban J connectivity index is 2.21. The van der Waals surface area contributed by atoms with Crippen molar-refractivity contribution in [2.75, 3.05) is 25.1 Å². The summed E-state index contributed by atoms with van der Waals surface area (Å²) in [6, 6.07) is 6.35. The van der Waals surface area contributed by atoms with Gasteiger partial charge in [-0.15, -0.1) is 0 Å². The molecule has 2 atom stereocenters. The molecule has 2 N–H and O–H groups in total. The van der Waals surface area contributed by atoms with Crippen molar-refractivity contribution in [3.05, 3.63) is 28.8 Å². The lowest BCUT2D eigenvalue weighted by molar-refractivity contribution is 0.0893. The third-order valence-corrected chi connectivity index (χ3v) is 4.34. The summed E-state index contributed by atoms with van der Waals surface area (Å²) in [5.41, 5.74) is 8.64. The van der Waals surface area contributed by atoms with Crippen molar-refractivity contribution in [1.82, 2.24) is 0 Å². The summed E-state index contributed by atoms with van der Waals surface area (Å²) in [5, 5.41) is 0.786. The quantitative estimate of drug-likeness (QED) is 0.906. The molecule has 1 aromatic rings. The highest BCUT2D eigenvalue weighted by Crippen LogP contribution is 2.29. The van der Waals surface area contributed by atoms with E-state index in [1.165, 1.54) is 11.3 Å². The Hall–Kier alpha value is -0.770. The third-order valence-electron chi connectivity index (χ3n) is 4.11. The number of rotatable bonds is 5. The summed E-state index contributed by atoms with van der Waals surface area (Å²) in [4.78, 5) is 2.39. The van der Waals surface area contributed by atoms with Crippen LogP contribution in [0.5, 0.6) is 0 Å². The number of hydrogen-bond acceptors (Lipinski definition) is 3. The maximum absolute atomic E-state index is 6.19. The van der Waals surface area contributed by atoms with Crippen LogP contribution in [0.2, 0.25) is 5.02 Å². The van der Waals surface area contributed by atoms with E-state index in [2.05, 4.69) is 24.0 Å². The van der Waals surface area contributed by atoms with E-state index in [0.717, 1.165) is 43.8 Å². The lowest BCUT2D eigenvalue weighted by Gasteiger charge is -2.35. The highest BCUT2D eigenvalue weighted by molar-refractivity contribution is 6.30. The number of anilines is 1. The van der Waals surface area contributed by atoms with E-state index in [-0.39, 0.29) is 6.04 Å². The van der Waals surface area contributed by atoms with Crippen LogP contribution in [0, 0.1) is 0 Å². The molecule has 1 heterocycles. The van der Waals surface area contributed by atoms with Crippen molar-refractivity contribution < 1.29 is 4.74 Å². The molecule has 3 nitrogen and oxygen atoms in total. The molecule has 4 heteroatoms. The molecule has 0 aliphatic carbocycles. The van der Waals surface area contributed by atoms with Gasteiger partial charge < -0.3 is 15.4 Å². The van der Waals surface area contributed by atoms with Crippen molar-refractivity contribution in [1.29, 1.82) is 0 Å². The van der Waals surface area contributed by atoms with Gasteiger partial charge in [-0.05, 0) is 43.4 Å². The largest absolute Gasteiger partial charge is 0.380 e. The maximum atomic E-state index is 6.19. The first-order valence-corrected chi connectivity index (χ1v) is 7.83. The number of hydrogen-bond donors (Lipinski definition) is 1. The number of ether oxygens (including phenoxy) is 1. The van der Waals surface area contributed by atoms with Gasteiger partial charge >= 0.3 is 0 Å². The zero-order valence-electron chi connectivity index (χ0n) is 12.4. The molecular formula is C16H25ClN2O. The number of nitrogens with two attached hydrogens (primary N) is 1. The van der Waals surface area contributed by atoms with Crippen molar-refractivity contribution in [2.45, 2.75) is 44.8 Å². The average Bonchev–Trinajstić information content (AvgIpc) is 2.49. The SMILES string of the molecule is CCC(N)Cc1ccc(Cl)cc1N1CCCC(OC)C1. The first-order chi connectivity index (χ1) is 9.63. The molecule has 1 aliphatic heterocycles. The number of halogens is 1. The molecule has 2 unspecified atom stereocenters. The molecule has 20 heavy (non-hydrogen) atoms. The minimum absolute atomic E-state index is 0.206. The topological polar surface area (TPSA) is 38.5 Å². The van der Waals surface area contributed by atoms with Crippen molar-refractivity contribution in [3.8, 4) is 0 Å². The Morgan fingerprint density at radius 3 is 3.00 bits per heavy atom. The van der Waals surface area contributed by atoms with Crippen LogP contribution >= 0.6 is 11.6 Å². The zero-order valence-corrected chi connectivity index (χ0v) is 13.2. The summed E-state index contributed by atoms with van der Waals surface area (Å²) in [6.07, 6.45) is 4.50. The second kappa shape index (κ2) is 7.30. The van der Waals surface area contributed by atoms with E-state index < -0.39 is 0 Å². The predicted octanol–water partition coefficient (Wildman–Crippen LogP) is 3.24. The second-order valence-corrected chi connectivity index (χ2v) is 6.03. The first-order valence-electron chi connectivity index (χ1n) is 7.45. The van der Waals surface area contributed by atoms with E-state index >= 15 is 0 Å². The average molecular weight is 297 g/mol. The third kappa shape index (κ3) is 3.87. The maximum Gasteiger partial charge on any atom is 0.0746 e. The van der Waals surface area contributed by atoms with Gasteiger partial charge in [-0.3, -0.25) is 0 Å². The number of nitrogens with zero attached hydrogens (tertiary/aromatic N) is 1. The van der Waals surface area contributed by atoms with Crippen molar-refractivity contribution in [3.63, 3.8) is 0 Å². The minimum atomic E-state index is 0.206. The summed E-state index contributed by atoms with van der Waals surface area (Å²) in [7, 11) is 1.79. The highest BCUT2D eigenvalue weighted by atomic mass is 35.5. The van der Waals surface area contributed by atoms with Crippen LogP contribution in [0.25, 0.3) is 0 Å². The minimum Gasteiger partial charge on any atom is -0.380 e. The standard InChI is InChI=1S/C16H25ClN2O/c1-3-14(18)9-12-6-7-13(17)10-16(12)19-8-4-5-15(11-19)20-2/h6-7,10,14-15H,3-5,8-9,11,18H2,1-2H3. The van der Waals surface area contributed by atoms with Gasteiger partial charge in [-0.25, -0.2) is 0 Å². The van der Waals surface area contributed by atoms with E-state index in [0.29, 0.717) is 6.10 Å². The normalized spacial score (nSPS) is 21.0. The molecule has 0 spiro atoms. The first kappa shape index (κ1) is 15.6. The van der Waals surface area contributed by atoms with Crippen molar-refractivity contribution in [2.24, 2.45) is 5.73 Å². The highest BCUT2D eigenvalue weighted by Gasteiger charge is 2.22. The molecule has 1 aliphatic rings. The van der Waals surface area contributed by atoms with Crippen LogP contribution < -0.4 is 10.6 Å². The number of piperidine rings is 1. The number of benzene rings is 1. The Kier molecular flexibility index (Phi) is 5.70. The Labute approximate surface area is 127 Å². The molecular weight excluding hydrogens is 272 g/mol. The van der Waals surface area contributed by atoms with Gasteiger partial charge in [-0.1, -0.05) is 24.6 Å². The van der Waals surface area contributed by atoms with Gasteiger partial charge in [0, 0.05) is 37.0 Å². The monoisotopic (exact) mass is 296 g/mol. The Morgan fingerprint density at radius 2 is 2.30 bits per heavy atom. The fourth-order valence-corrected chi connectivity index (χ4v) is 2.95. The van der Waals surface area contributed by atoms with E-state index in [1.54, 1.807) is 7.11 Å². The second-order valence-electron chi connectivity index (χ2n) is 5.59. The lowest BCUT2D eigenvalue weighted by atomic mass is 10.00. The summed E-state index contributed by atoms with van der Waals surface area (Å²) in [5.74, 6) is 0. The molecule has 1 aromatic carbocycles. The molecule has 2 rings (SSSR count). The van der Waals surface area contributed by atoms with E-state index in [1.807, 2.05) is 6.07 Å². The van der Waals surface area contributed by atoms with E-state index in [9.17, 15) is 0 Å². The van der Waals surface area contributed by atoms with Crippen LogP contribution in [0.3, 0.4) is 0 Å². The molecule has 0 radical (unpaired) electrons. The van der Waals surface area contributed by atoms with Gasteiger partial charge in [0.15, 0.2) is 0 Å². The van der Waals surface area contributed by atoms with Gasteiger partial charge in [0.25, 0.3) is 0 Å². The Bertz CT molecular complexity index is 438. The molecule has 112 valence electrons. The molecule has 1 saturated heterocycles.